The molecule has 3 fully saturated rings. The summed E-state index contributed by atoms with van der Waals surface area (Å²) in [5.74, 6) is 1.13. The summed E-state index contributed by atoms with van der Waals surface area (Å²) in [5.41, 5.74) is 2.96. The third kappa shape index (κ3) is 3.85. The maximum Gasteiger partial charge on any atom is 0.222 e. The van der Waals surface area contributed by atoms with Crippen molar-refractivity contribution < 1.29 is 4.79 Å². The van der Waals surface area contributed by atoms with Crippen LogP contribution < -0.4 is 0 Å². The second-order valence-electron chi connectivity index (χ2n) is 9.30. The van der Waals surface area contributed by atoms with Crippen LogP contribution in [-0.4, -0.2) is 47.9 Å². The number of likely N-dealkylation sites (tertiary alicyclic amines) is 2. The zero-order valence-electron chi connectivity index (χ0n) is 17.3. The number of benzene rings is 2. The van der Waals surface area contributed by atoms with E-state index < -0.39 is 0 Å². The minimum atomic E-state index is 0.117. The topological polar surface area (TPSA) is 23.6 Å². The van der Waals surface area contributed by atoms with Crippen molar-refractivity contribution in [2.45, 2.75) is 50.0 Å². The lowest BCUT2D eigenvalue weighted by Crippen LogP contribution is -2.49. The standard InChI is InChI=1S/C26H32N2O/c29-25-13-15-26(23-9-5-2-6-10-23)16-18-27(17-14-21-7-3-1-4-8-21)24(26)20-28(25)19-22-11-12-22/h1-10,22,24H,11-20H2. The van der Waals surface area contributed by atoms with E-state index in [0.717, 1.165) is 44.9 Å². The van der Waals surface area contributed by atoms with Gasteiger partial charge in [-0.2, -0.15) is 0 Å². The summed E-state index contributed by atoms with van der Waals surface area (Å²) in [4.78, 5) is 17.9. The van der Waals surface area contributed by atoms with E-state index >= 15 is 0 Å². The molecule has 2 atom stereocenters. The maximum atomic E-state index is 13.0. The number of hydrogen-bond acceptors (Lipinski definition) is 2. The quantitative estimate of drug-likeness (QED) is 0.738. The fourth-order valence-corrected chi connectivity index (χ4v) is 5.62. The first-order chi connectivity index (χ1) is 14.2. The zero-order chi connectivity index (χ0) is 19.7. The van der Waals surface area contributed by atoms with E-state index in [1.807, 2.05) is 0 Å². The fraction of sp³-hybridized carbons (Fsp3) is 0.500. The molecule has 2 heterocycles. The summed E-state index contributed by atoms with van der Waals surface area (Å²) in [6.45, 7) is 4.10. The molecule has 0 N–H and O–H groups in total. The van der Waals surface area contributed by atoms with Crippen LogP contribution in [0.25, 0.3) is 0 Å². The molecule has 3 heteroatoms. The minimum absolute atomic E-state index is 0.117. The summed E-state index contributed by atoms with van der Waals surface area (Å²) in [6.07, 6.45) is 6.54. The van der Waals surface area contributed by atoms with Crippen LogP contribution in [0.1, 0.15) is 43.2 Å². The van der Waals surface area contributed by atoms with Crippen LogP contribution in [0.3, 0.4) is 0 Å². The monoisotopic (exact) mass is 388 g/mol. The first-order valence-electron chi connectivity index (χ1n) is 11.4. The molecule has 0 aromatic heterocycles. The Morgan fingerprint density at radius 1 is 0.931 bits per heavy atom. The Kier molecular flexibility index (Phi) is 5.17. The molecule has 29 heavy (non-hydrogen) atoms. The molecule has 2 unspecified atom stereocenters. The van der Waals surface area contributed by atoms with Gasteiger partial charge in [0.1, 0.15) is 0 Å². The maximum absolute atomic E-state index is 13.0. The van der Waals surface area contributed by atoms with E-state index in [2.05, 4.69) is 70.5 Å². The van der Waals surface area contributed by atoms with E-state index in [9.17, 15) is 4.79 Å². The van der Waals surface area contributed by atoms with E-state index in [0.29, 0.717) is 18.4 Å². The van der Waals surface area contributed by atoms with Gasteiger partial charge in [-0.1, -0.05) is 60.7 Å². The van der Waals surface area contributed by atoms with Crippen molar-refractivity contribution >= 4 is 5.91 Å². The molecule has 0 radical (unpaired) electrons. The molecule has 2 aromatic rings. The number of amides is 1. The first kappa shape index (κ1) is 18.9. The van der Waals surface area contributed by atoms with Crippen LogP contribution in [0.15, 0.2) is 60.7 Å². The van der Waals surface area contributed by atoms with Crippen LogP contribution in [-0.2, 0) is 16.6 Å². The van der Waals surface area contributed by atoms with Gasteiger partial charge in [-0.25, -0.2) is 0 Å². The number of nitrogens with zero attached hydrogens (tertiary/aromatic N) is 2. The van der Waals surface area contributed by atoms with Gasteiger partial charge in [-0.05, 0) is 55.7 Å². The van der Waals surface area contributed by atoms with Gasteiger partial charge in [-0.15, -0.1) is 0 Å². The minimum Gasteiger partial charge on any atom is -0.341 e. The number of carbonyl (C=O) groups is 1. The van der Waals surface area contributed by atoms with Gasteiger partial charge in [-0.3, -0.25) is 9.69 Å². The Morgan fingerprint density at radius 3 is 2.38 bits per heavy atom. The largest absolute Gasteiger partial charge is 0.341 e. The molecule has 2 saturated heterocycles. The third-order valence-corrected chi connectivity index (χ3v) is 7.51. The summed E-state index contributed by atoms with van der Waals surface area (Å²) < 4.78 is 0. The second-order valence-corrected chi connectivity index (χ2v) is 9.30. The van der Waals surface area contributed by atoms with E-state index in [1.54, 1.807) is 0 Å². The highest BCUT2D eigenvalue weighted by Crippen LogP contribution is 2.46. The highest BCUT2D eigenvalue weighted by atomic mass is 16.2. The fourth-order valence-electron chi connectivity index (χ4n) is 5.62. The molecule has 2 aromatic carbocycles. The Labute approximate surface area is 174 Å². The smallest absolute Gasteiger partial charge is 0.222 e. The predicted molar refractivity (Wildman–Crippen MR) is 117 cm³/mol. The van der Waals surface area contributed by atoms with Crippen LogP contribution in [0.5, 0.6) is 0 Å². The van der Waals surface area contributed by atoms with Crippen LogP contribution >= 0.6 is 0 Å². The SMILES string of the molecule is O=C1CCC2(c3ccccc3)CCN(CCc3ccccc3)C2CN1CC1CC1. The molecule has 1 aliphatic carbocycles. The highest BCUT2D eigenvalue weighted by Gasteiger charge is 2.51. The number of carbonyl (C=O) groups excluding carboxylic acids is 1. The Bertz CT molecular complexity index is 832. The van der Waals surface area contributed by atoms with E-state index in [4.69, 9.17) is 0 Å². The molecule has 2 aliphatic heterocycles. The lowest BCUT2D eigenvalue weighted by atomic mass is 9.71. The number of fused-ring (bicyclic) bond motifs is 1. The summed E-state index contributed by atoms with van der Waals surface area (Å²) >= 11 is 0. The van der Waals surface area contributed by atoms with Crippen molar-refractivity contribution in [1.82, 2.24) is 9.80 Å². The molecule has 0 bridgehead atoms. The molecule has 1 saturated carbocycles. The molecule has 152 valence electrons. The van der Waals surface area contributed by atoms with Crippen LogP contribution in [0.4, 0.5) is 0 Å². The zero-order valence-corrected chi connectivity index (χ0v) is 17.3. The summed E-state index contributed by atoms with van der Waals surface area (Å²) in [7, 11) is 0. The average molecular weight is 389 g/mol. The van der Waals surface area contributed by atoms with E-state index in [1.165, 1.54) is 30.4 Å². The Morgan fingerprint density at radius 2 is 1.66 bits per heavy atom. The predicted octanol–water partition coefficient (Wildman–Crippen LogP) is 4.27. The normalized spacial score (nSPS) is 27.7. The average Bonchev–Trinajstić information content (AvgIpc) is 3.54. The van der Waals surface area contributed by atoms with Crippen molar-refractivity contribution in [2.75, 3.05) is 26.2 Å². The van der Waals surface area contributed by atoms with Gasteiger partial charge in [0.2, 0.25) is 5.91 Å². The van der Waals surface area contributed by atoms with Crippen molar-refractivity contribution in [3.05, 3.63) is 71.8 Å². The molecule has 0 spiro atoms. The summed E-state index contributed by atoms with van der Waals surface area (Å²) in [6, 6.07) is 22.3. The Balaban J connectivity index is 1.42. The molecule has 1 amide bonds. The van der Waals surface area contributed by atoms with Crippen molar-refractivity contribution in [2.24, 2.45) is 5.92 Å². The highest BCUT2D eigenvalue weighted by molar-refractivity contribution is 5.77. The second kappa shape index (κ2) is 7.95. The summed E-state index contributed by atoms with van der Waals surface area (Å²) in [5, 5.41) is 0. The van der Waals surface area contributed by atoms with E-state index in [-0.39, 0.29) is 5.41 Å². The molecule has 3 nitrogen and oxygen atoms in total. The lowest BCUT2D eigenvalue weighted by Gasteiger charge is -2.39. The van der Waals surface area contributed by atoms with Crippen molar-refractivity contribution in [3.63, 3.8) is 0 Å². The van der Waals surface area contributed by atoms with Gasteiger partial charge >= 0.3 is 0 Å². The Hall–Kier alpha value is -2.13. The molecule has 3 aliphatic rings. The van der Waals surface area contributed by atoms with Gasteiger partial charge in [0.25, 0.3) is 0 Å². The molecular weight excluding hydrogens is 356 g/mol. The lowest BCUT2D eigenvalue weighted by molar-refractivity contribution is -0.131. The van der Waals surface area contributed by atoms with Crippen molar-refractivity contribution in [1.29, 1.82) is 0 Å². The first-order valence-corrected chi connectivity index (χ1v) is 11.4. The van der Waals surface area contributed by atoms with Gasteiger partial charge < -0.3 is 4.90 Å². The van der Waals surface area contributed by atoms with Crippen molar-refractivity contribution in [3.8, 4) is 0 Å². The van der Waals surface area contributed by atoms with Gasteiger partial charge in [0.05, 0.1) is 0 Å². The van der Waals surface area contributed by atoms with Gasteiger partial charge in [0.15, 0.2) is 0 Å². The van der Waals surface area contributed by atoms with Gasteiger partial charge in [0, 0.05) is 37.5 Å². The number of rotatable bonds is 6. The third-order valence-electron chi connectivity index (χ3n) is 7.51. The van der Waals surface area contributed by atoms with Crippen LogP contribution in [0.2, 0.25) is 0 Å². The molecule has 5 rings (SSSR count). The van der Waals surface area contributed by atoms with Crippen LogP contribution in [0, 0.1) is 5.92 Å². The number of hydrogen-bond donors (Lipinski definition) is 0. The molecular formula is C26H32N2O.